The van der Waals surface area contributed by atoms with Crippen molar-refractivity contribution in [3.05, 3.63) is 53.4 Å². The lowest BCUT2D eigenvalue weighted by atomic mass is 10.0. The van der Waals surface area contributed by atoms with Crippen LogP contribution in [0.25, 0.3) is 6.08 Å². The lowest BCUT2D eigenvalue weighted by Crippen LogP contribution is -2.09. The highest BCUT2D eigenvalue weighted by molar-refractivity contribution is 5.39. The van der Waals surface area contributed by atoms with Gasteiger partial charge in [-0.1, -0.05) is 24.3 Å². The number of aryl methyl sites for hydroxylation is 1. The first-order valence-electron chi connectivity index (χ1n) is 6.12. The SMILES string of the molecule is CC=Cc1nc2n(n1)C(c1ccccc1F)CC2. The smallest absolute Gasteiger partial charge is 0.173 e. The lowest BCUT2D eigenvalue weighted by molar-refractivity contribution is 0.512. The zero-order valence-corrected chi connectivity index (χ0v) is 10.2. The van der Waals surface area contributed by atoms with E-state index in [9.17, 15) is 4.39 Å². The molecule has 1 aromatic heterocycles. The molecule has 1 atom stereocenters. The van der Waals surface area contributed by atoms with Gasteiger partial charge in [0.05, 0.1) is 6.04 Å². The number of benzene rings is 1. The molecule has 0 fully saturated rings. The molecule has 0 spiro atoms. The largest absolute Gasteiger partial charge is 0.242 e. The van der Waals surface area contributed by atoms with Crippen LogP contribution >= 0.6 is 0 Å². The van der Waals surface area contributed by atoms with Crippen molar-refractivity contribution >= 4 is 6.08 Å². The Hall–Kier alpha value is -1.97. The van der Waals surface area contributed by atoms with E-state index in [4.69, 9.17) is 0 Å². The second-order valence-electron chi connectivity index (χ2n) is 4.41. The minimum atomic E-state index is -0.168. The standard InChI is InChI=1S/C14H14FN3/c1-2-5-13-16-14-9-8-12(18(14)17-13)10-6-3-4-7-11(10)15/h2-7,12H,8-9H2,1H3. The van der Waals surface area contributed by atoms with Gasteiger partial charge < -0.3 is 0 Å². The van der Waals surface area contributed by atoms with Crippen LogP contribution in [0.5, 0.6) is 0 Å². The van der Waals surface area contributed by atoms with Crippen molar-refractivity contribution in [2.45, 2.75) is 25.8 Å². The van der Waals surface area contributed by atoms with Crippen molar-refractivity contribution in [3.63, 3.8) is 0 Å². The first-order valence-corrected chi connectivity index (χ1v) is 6.12. The summed E-state index contributed by atoms with van der Waals surface area (Å²) in [5, 5.41) is 4.43. The van der Waals surface area contributed by atoms with E-state index in [0.717, 1.165) is 18.7 Å². The lowest BCUT2D eigenvalue weighted by Gasteiger charge is -2.12. The van der Waals surface area contributed by atoms with Crippen LogP contribution in [0.3, 0.4) is 0 Å². The molecule has 92 valence electrons. The molecule has 0 aliphatic carbocycles. The molecule has 0 saturated heterocycles. The fraction of sp³-hybridized carbons (Fsp3) is 0.286. The number of hydrogen-bond acceptors (Lipinski definition) is 2. The summed E-state index contributed by atoms with van der Waals surface area (Å²) in [4.78, 5) is 4.43. The van der Waals surface area contributed by atoms with E-state index in [-0.39, 0.29) is 11.9 Å². The molecule has 4 heteroatoms. The van der Waals surface area contributed by atoms with Crippen molar-refractivity contribution in [2.24, 2.45) is 0 Å². The van der Waals surface area contributed by atoms with Crippen LogP contribution in [0, 0.1) is 5.82 Å². The third-order valence-corrected chi connectivity index (χ3v) is 3.23. The van der Waals surface area contributed by atoms with Gasteiger partial charge in [0.25, 0.3) is 0 Å². The minimum absolute atomic E-state index is 0.0206. The Morgan fingerprint density at radius 1 is 1.39 bits per heavy atom. The van der Waals surface area contributed by atoms with Gasteiger partial charge in [-0.3, -0.25) is 0 Å². The molecule has 1 aliphatic heterocycles. The molecule has 2 heterocycles. The fourth-order valence-electron chi connectivity index (χ4n) is 2.43. The third-order valence-electron chi connectivity index (χ3n) is 3.23. The van der Waals surface area contributed by atoms with Crippen molar-refractivity contribution < 1.29 is 4.39 Å². The van der Waals surface area contributed by atoms with E-state index in [1.54, 1.807) is 6.07 Å². The second-order valence-corrected chi connectivity index (χ2v) is 4.41. The maximum absolute atomic E-state index is 13.8. The van der Waals surface area contributed by atoms with E-state index < -0.39 is 0 Å². The number of fused-ring (bicyclic) bond motifs is 1. The number of allylic oxidation sites excluding steroid dienone is 1. The number of aromatic nitrogens is 3. The van der Waals surface area contributed by atoms with Crippen LogP contribution in [-0.2, 0) is 6.42 Å². The Bertz CT molecular complexity index is 601. The molecule has 3 rings (SSSR count). The maximum atomic E-state index is 13.8. The van der Waals surface area contributed by atoms with Gasteiger partial charge in [0.2, 0.25) is 0 Å². The summed E-state index contributed by atoms with van der Waals surface area (Å²) < 4.78 is 15.7. The topological polar surface area (TPSA) is 30.7 Å². The molecular weight excluding hydrogens is 229 g/mol. The zero-order valence-electron chi connectivity index (χ0n) is 10.2. The molecule has 0 amide bonds. The first kappa shape index (κ1) is 11.1. The van der Waals surface area contributed by atoms with Gasteiger partial charge in [0.1, 0.15) is 11.6 Å². The van der Waals surface area contributed by atoms with E-state index in [1.807, 2.05) is 35.9 Å². The summed E-state index contributed by atoms with van der Waals surface area (Å²) in [6, 6.07) is 6.87. The molecule has 2 aromatic rings. The highest BCUT2D eigenvalue weighted by atomic mass is 19.1. The number of hydrogen-bond donors (Lipinski definition) is 0. The van der Waals surface area contributed by atoms with Crippen LogP contribution in [0.15, 0.2) is 30.3 Å². The van der Waals surface area contributed by atoms with Gasteiger partial charge in [-0.05, 0) is 25.5 Å². The van der Waals surface area contributed by atoms with E-state index in [1.165, 1.54) is 6.07 Å². The molecule has 1 unspecified atom stereocenters. The molecule has 0 bridgehead atoms. The first-order chi connectivity index (χ1) is 8.79. The Morgan fingerprint density at radius 2 is 2.22 bits per heavy atom. The molecule has 3 nitrogen and oxygen atoms in total. The summed E-state index contributed by atoms with van der Waals surface area (Å²) in [5.41, 5.74) is 0.702. The van der Waals surface area contributed by atoms with Gasteiger partial charge in [0, 0.05) is 12.0 Å². The summed E-state index contributed by atoms with van der Waals surface area (Å²) in [5.74, 6) is 1.48. The van der Waals surface area contributed by atoms with Gasteiger partial charge in [0.15, 0.2) is 5.82 Å². The van der Waals surface area contributed by atoms with E-state index >= 15 is 0 Å². The summed E-state index contributed by atoms with van der Waals surface area (Å²) in [7, 11) is 0. The van der Waals surface area contributed by atoms with E-state index in [2.05, 4.69) is 10.1 Å². The van der Waals surface area contributed by atoms with Gasteiger partial charge in [-0.15, -0.1) is 0 Å². The molecule has 0 N–H and O–H groups in total. The number of nitrogens with zero attached hydrogens (tertiary/aromatic N) is 3. The quantitative estimate of drug-likeness (QED) is 0.811. The Balaban J connectivity index is 2.02. The summed E-state index contributed by atoms with van der Waals surface area (Å²) in [6.07, 6.45) is 5.49. The van der Waals surface area contributed by atoms with Crippen LogP contribution in [-0.4, -0.2) is 14.8 Å². The molecular formula is C14H14FN3. The molecule has 0 saturated carbocycles. The zero-order chi connectivity index (χ0) is 12.5. The maximum Gasteiger partial charge on any atom is 0.173 e. The summed E-state index contributed by atoms with van der Waals surface area (Å²) >= 11 is 0. The van der Waals surface area contributed by atoms with Crippen molar-refractivity contribution in [3.8, 4) is 0 Å². The highest BCUT2D eigenvalue weighted by Crippen LogP contribution is 2.31. The fourth-order valence-corrected chi connectivity index (χ4v) is 2.43. The molecule has 1 aromatic carbocycles. The van der Waals surface area contributed by atoms with Crippen LogP contribution in [0.2, 0.25) is 0 Å². The minimum Gasteiger partial charge on any atom is -0.242 e. The van der Waals surface area contributed by atoms with Crippen molar-refractivity contribution in [1.82, 2.24) is 14.8 Å². The van der Waals surface area contributed by atoms with Gasteiger partial charge >= 0.3 is 0 Å². The molecule has 18 heavy (non-hydrogen) atoms. The molecule has 0 radical (unpaired) electrons. The van der Waals surface area contributed by atoms with Crippen LogP contribution in [0.1, 0.15) is 36.6 Å². The Morgan fingerprint density at radius 3 is 3.00 bits per heavy atom. The molecule has 1 aliphatic rings. The Labute approximate surface area is 105 Å². The number of halogens is 1. The Kier molecular flexibility index (Phi) is 2.70. The third kappa shape index (κ3) is 1.74. The monoisotopic (exact) mass is 243 g/mol. The summed E-state index contributed by atoms with van der Waals surface area (Å²) in [6.45, 7) is 1.93. The average molecular weight is 243 g/mol. The predicted molar refractivity (Wildman–Crippen MR) is 67.6 cm³/mol. The van der Waals surface area contributed by atoms with Crippen LogP contribution < -0.4 is 0 Å². The van der Waals surface area contributed by atoms with Crippen molar-refractivity contribution in [1.29, 1.82) is 0 Å². The van der Waals surface area contributed by atoms with E-state index in [0.29, 0.717) is 11.4 Å². The van der Waals surface area contributed by atoms with Crippen molar-refractivity contribution in [2.75, 3.05) is 0 Å². The van der Waals surface area contributed by atoms with Gasteiger partial charge in [-0.25, -0.2) is 14.1 Å². The normalized spacial score (nSPS) is 18.4. The van der Waals surface area contributed by atoms with Gasteiger partial charge in [-0.2, -0.15) is 5.10 Å². The highest BCUT2D eigenvalue weighted by Gasteiger charge is 2.28. The van der Waals surface area contributed by atoms with Crippen LogP contribution in [0.4, 0.5) is 4.39 Å². The predicted octanol–water partition coefficient (Wildman–Crippen LogP) is 2.99. The second kappa shape index (κ2) is 4.37. The average Bonchev–Trinajstić information content (AvgIpc) is 2.90. The number of rotatable bonds is 2.